The molecule has 0 radical (unpaired) electrons. The van der Waals surface area contributed by atoms with E-state index in [-0.39, 0.29) is 18.4 Å². The van der Waals surface area contributed by atoms with Crippen molar-refractivity contribution < 1.29 is 9.59 Å². The van der Waals surface area contributed by atoms with Gasteiger partial charge in [-0.1, -0.05) is 17.7 Å². The molecule has 0 aliphatic carbocycles. The molecule has 0 unspecified atom stereocenters. The molecular formula is C18H22N2O2S. The molecule has 4 nitrogen and oxygen atoms in total. The van der Waals surface area contributed by atoms with Gasteiger partial charge in [0.25, 0.3) is 0 Å². The molecule has 122 valence electrons. The number of carbonyl (C=O) groups excluding carboxylic acids is 2. The van der Waals surface area contributed by atoms with Crippen molar-refractivity contribution in [1.82, 2.24) is 4.90 Å². The Morgan fingerprint density at radius 2 is 1.83 bits per heavy atom. The second-order valence-corrected chi connectivity index (χ2v) is 6.66. The molecule has 0 bridgehead atoms. The van der Waals surface area contributed by atoms with E-state index in [0.717, 1.165) is 22.4 Å². The number of aryl methyl sites for hydroxylation is 3. The maximum Gasteiger partial charge on any atom is 0.243 e. The van der Waals surface area contributed by atoms with E-state index in [4.69, 9.17) is 0 Å². The number of nitrogens with one attached hydrogen (secondary N) is 1. The first-order valence-corrected chi connectivity index (χ1v) is 8.44. The summed E-state index contributed by atoms with van der Waals surface area (Å²) in [6.45, 7) is 6.03. The molecule has 0 spiro atoms. The van der Waals surface area contributed by atoms with Gasteiger partial charge in [-0.3, -0.25) is 9.59 Å². The molecule has 1 N–H and O–H groups in total. The van der Waals surface area contributed by atoms with Crippen molar-refractivity contribution in [3.8, 4) is 0 Å². The van der Waals surface area contributed by atoms with Crippen LogP contribution in [0.3, 0.4) is 0 Å². The number of hydrogen-bond acceptors (Lipinski definition) is 3. The third-order valence-electron chi connectivity index (χ3n) is 3.68. The predicted molar refractivity (Wildman–Crippen MR) is 94.9 cm³/mol. The molecule has 2 amide bonds. The minimum Gasteiger partial charge on any atom is -0.336 e. The summed E-state index contributed by atoms with van der Waals surface area (Å²) in [5.41, 5.74) is 5.05. The molecule has 1 aromatic carbocycles. The first-order chi connectivity index (χ1) is 10.9. The van der Waals surface area contributed by atoms with Crippen molar-refractivity contribution in [3.63, 3.8) is 0 Å². The lowest BCUT2D eigenvalue weighted by atomic mass is 10.1. The van der Waals surface area contributed by atoms with Gasteiger partial charge >= 0.3 is 0 Å². The van der Waals surface area contributed by atoms with Crippen LogP contribution in [-0.4, -0.2) is 30.3 Å². The quantitative estimate of drug-likeness (QED) is 0.914. The Labute approximate surface area is 141 Å². The van der Waals surface area contributed by atoms with Crippen LogP contribution in [0.15, 0.2) is 29.0 Å². The number of benzene rings is 1. The molecule has 2 rings (SSSR count). The zero-order valence-corrected chi connectivity index (χ0v) is 14.8. The van der Waals surface area contributed by atoms with Gasteiger partial charge in [0, 0.05) is 12.7 Å². The van der Waals surface area contributed by atoms with Gasteiger partial charge in [0.05, 0.1) is 13.0 Å². The third kappa shape index (κ3) is 4.66. The molecule has 0 saturated heterocycles. The van der Waals surface area contributed by atoms with Crippen molar-refractivity contribution >= 4 is 28.8 Å². The van der Waals surface area contributed by atoms with E-state index < -0.39 is 0 Å². The topological polar surface area (TPSA) is 49.4 Å². The minimum atomic E-state index is -0.179. The van der Waals surface area contributed by atoms with Crippen molar-refractivity contribution in [3.05, 3.63) is 51.2 Å². The van der Waals surface area contributed by atoms with E-state index in [1.807, 2.05) is 49.7 Å². The molecule has 5 heteroatoms. The van der Waals surface area contributed by atoms with Gasteiger partial charge in [0.1, 0.15) is 0 Å². The highest BCUT2D eigenvalue weighted by Gasteiger charge is 2.15. The molecule has 23 heavy (non-hydrogen) atoms. The lowest BCUT2D eigenvalue weighted by Crippen LogP contribution is -2.36. The number of nitrogens with zero attached hydrogens (tertiary/aromatic N) is 1. The van der Waals surface area contributed by atoms with Gasteiger partial charge in [-0.05, 0) is 54.3 Å². The van der Waals surface area contributed by atoms with Crippen LogP contribution in [0.2, 0.25) is 0 Å². The molecule has 0 saturated carbocycles. The molecular weight excluding hydrogens is 308 g/mol. The molecule has 0 fully saturated rings. The summed E-state index contributed by atoms with van der Waals surface area (Å²) in [5, 5.41) is 6.81. The van der Waals surface area contributed by atoms with E-state index in [1.54, 1.807) is 18.4 Å². The highest BCUT2D eigenvalue weighted by atomic mass is 32.1. The van der Waals surface area contributed by atoms with Crippen LogP contribution in [0, 0.1) is 20.8 Å². The van der Waals surface area contributed by atoms with E-state index in [9.17, 15) is 9.59 Å². The SMILES string of the molecule is Cc1cc(C)c(NC(=O)CN(C)C(=O)Cc2ccsc2)c(C)c1. The smallest absolute Gasteiger partial charge is 0.243 e. The lowest BCUT2D eigenvalue weighted by molar-refractivity contribution is -0.132. The van der Waals surface area contributed by atoms with Gasteiger partial charge in [-0.25, -0.2) is 0 Å². The predicted octanol–water partition coefficient (Wildman–Crippen LogP) is 3.31. The normalized spacial score (nSPS) is 10.4. The zero-order valence-electron chi connectivity index (χ0n) is 14.0. The third-order valence-corrected chi connectivity index (χ3v) is 4.42. The van der Waals surface area contributed by atoms with Crippen LogP contribution in [0.1, 0.15) is 22.3 Å². The molecule has 1 aromatic heterocycles. The average molecular weight is 330 g/mol. The maximum atomic E-state index is 12.2. The largest absolute Gasteiger partial charge is 0.336 e. The Hall–Kier alpha value is -2.14. The van der Waals surface area contributed by atoms with E-state index in [2.05, 4.69) is 5.32 Å². The number of likely N-dealkylation sites (N-methyl/N-ethyl adjacent to an activating group) is 1. The molecule has 2 aromatic rings. The van der Waals surface area contributed by atoms with Gasteiger partial charge in [0.15, 0.2) is 0 Å². The van der Waals surface area contributed by atoms with Gasteiger partial charge in [0.2, 0.25) is 11.8 Å². The summed E-state index contributed by atoms with van der Waals surface area (Å²) in [7, 11) is 1.66. The summed E-state index contributed by atoms with van der Waals surface area (Å²) in [6.07, 6.45) is 0.329. The van der Waals surface area contributed by atoms with Gasteiger partial charge < -0.3 is 10.2 Å². The standard InChI is InChI=1S/C18H22N2O2S/c1-12-7-13(2)18(14(3)8-12)19-16(21)10-20(4)17(22)9-15-5-6-23-11-15/h5-8,11H,9-10H2,1-4H3,(H,19,21). The number of carbonyl (C=O) groups is 2. The summed E-state index contributed by atoms with van der Waals surface area (Å²) < 4.78 is 0. The number of amides is 2. The first-order valence-electron chi connectivity index (χ1n) is 7.49. The Kier molecular flexibility index (Phi) is 5.55. The Bertz CT molecular complexity index is 685. The molecule has 0 aliphatic heterocycles. The Morgan fingerprint density at radius 3 is 2.39 bits per heavy atom. The molecule has 0 aliphatic rings. The minimum absolute atomic E-state index is 0.0513. The number of anilines is 1. The zero-order chi connectivity index (χ0) is 17.0. The lowest BCUT2D eigenvalue weighted by Gasteiger charge is -2.18. The van der Waals surface area contributed by atoms with E-state index in [1.165, 1.54) is 10.5 Å². The maximum absolute atomic E-state index is 12.2. The first kappa shape index (κ1) is 17.2. The van der Waals surface area contributed by atoms with Crippen LogP contribution in [0.25, 0.3) is 0 Å². The van der Waals surface area contributed by atoms with Crippen molar-refractivity contribution in [2.75, 3.05) is 18.9 Å². The number of rotatable bonds is 5. The van der Waals surface area contributed by atoms with Crippen LogP contribution < -0.4 is 5.32 Å². The second kappa shape index (κ2) is 7.42. The Balaban J connectivity index is 1.95. The van der Waals surface area contributed by atoms with E-state index >= 15 is 0 Å². The fraction of sp³-hybridized carbons (Fsp3) is 0.333. The summed E-state index contributed by atoms with van der Waals surface area (Å²) in [6, 6.07) is 6.00. The van der Waals surface area contributed by atoms with Crippen LogP contribution >= 0.6 is 11.3 Å². The summed E-state index contributed by atoms with van der Waals surface area (Å²) in [4.78, 5) is 25.8. The van der Waals surface area contributed by atoms with Gasteiger partial charge in [-0.2, -0.15) is 11.3 Å². The van der Waals surface area contributed by atoms with E-state index in [0.29, 0.717) is 6.42 Å². The molecule has 0 atom stereocenters. The van der Waals surface area contributed by atoms with Crippen molar-refractivity contribution in [2.45, 2.75) is 27.2 Å². The summed E-state index contributed by atoms with van der Waals surface area (Å²) >= 11 is 1.56. The van der Waals surface area contributed by atoms with Crippen molar-refractivity contribution in [2.24, 2.45) is 0 Å². The van der Waals surface area contributed by atoms with Crippen molar-refractivity contribution in [1.29, 1.82) is 0 Å². The summed E-state index contributed by atoms with van der Waals surface area (Å²) in [5.74, 6) is -0.239. The fourth-order valence-electron chi connectivity index (χ4n) is 2.56. The average Bonchev–Trinajstić information content (AvgIpc) is 2.95. The number of hydrogen-bond donors (Lipinski definition) is 1. The monoisotopic (exact) mass is 330 g/mol. The van der Waals surface area contributed by atoms with Gasteiger partial charge in [-0.15, -0.1) is 0 Å². The van der Waals surface area contributed by atoms with Crippen LogP contribution in [0.4, 0.5) is 5.69 Å². The molecule has 1 heterocycles. The number of thiophene rings is 1. The Morgan fingerprint density at radius 1 is 1.17 bits per heavy atom. The fourth-order valence-corrected chi connectivity index (χ4v) is 3.23. The van der Waals surface area contributed by atoms with Crippen LogP contribution in [-0.2, 0) is 16.0 Å². The highest BCUT2D eigenvalue weighted by Crippen LogP contribution is 2.21. The highest BCUT2D eigenvalue weighted by molar-refractivity contribution is 7.08. The van der Waals surface area contributed by atoms with Crippen LogP contribution in [0.5, 0.6) is 0 Å². The second-order valence-electron chi connectivity index (χ2n) is 5.88.